The van der Waals surface area contributed by atoms with E-state index in [1.807, 2.05) is 0 Å². The van der Waals surface area contributed by atoms with Gasteiger partial charge in [-0.3, -0.25) is 0 Å². The van der Waals surface area contributed by atoms with E-state index in [0.29, 0.717) is 6.04 Å². The van der Waals surface area contributed by atoms with Crippen LogP contribution in [0.1, 0.15) is 44.9 Å². The van der Waals surface area contributed by atoms with E-state index in [1.165, 1.54) is 44.3 Å². The summed E-state index contributed by atoms with van der Waals surface area (Å²) in [5.41, 5.74) is 1.30. The number of hydrogen-bond acceptors (Lipinski definition) is 3. The standard InChI is InChI=1S/C18H26ClN2OP/c19-17-11-5-2-6-12-18(17)22-23-20-13-7-10-16(20)14-21(23)15-8-3-1-4-9-15/h1,3-4,8-9,16-18H,2,5-7,10-14H2/t16-,17+,18+,23?/m0/s1. The molecule has 126 valence electrons. The largest absolute Gasteiger partial charge is 0.322 e. The SMILES string of the molecule is Cl[C@@H]1CCCCC[C@H]1OP1N(c2ccccc2)C[C@@H]2CCCN21. The lowest BCUT2D eigenvalue weighted by Crippen LogP contribution is -2.27. The van der Waals surface area contributed by atoms with Crippen LogP contribution in [-0.2, 0) is 4.52 Å². The second kappa shape index (κ2) is 7.27. The van der Waals surface area contributed by atoms with E-state index in [0.717, 1.165) is 19.4 Å². The summed E-state index contributed by atoms with van der Waals surface area (Å²) < 4.78 is 11.8. The molecule has 0 bridgehead atoms. The highest BCUT2D eigenvalue weighted by molar-refractivity contribution is 7.52. The second-order valence-corrected chi connectivity index (χ2v) is 9.20. The first-order valence-electron chi connectivity index (χ1n) is 9.03. The number of benzene rings is 1. The molecule has 0 aromatic heterocycles. The Morgan fingerprint density at radius 3 is 2.70 bits per heavy atom. The van der Waals surface area contributed by atoms with Crippen LogP contribution in [0.2, 0.25) is 0 Å². The number of para-hydroxylation sites is 1. The van der Waals surface area contributed by atoms with Gasteiger partial charge in [-0.15, -0.1) is 11.6 Å². The van der Waals surface area contributed by atoms with E-state index in [4.69, 9.17) is 16.1 Å². The van der Waals surface area contributed by atoms with E-state index < -0.39 is 8.45 Å². The summed E-state index contributed by atoms with van der Waals surface area (Å²) in [6.45, 7) is 2.29. The topological polar surface area (TPSA) is 15.7 Å². The fourth-order valence-electron chi connectivity index (χ4n) is 4.03. The zero-order valence-corrected chi connectivity index (χ0v) is 15.3. The molecule has 0 radical (unpaired) electrons. The first kappa shape index (κ1) is 16.1. The van der Waals surface area contributed by atoms with Crippen LogP contribution in [0.25, 0.3) is 0 Å². The lowest BCUT2D eigenvalue weighted by molar-refractivity contribution is 0.194. The van der Waals surface area contributed by atoms with E-state index in [-0.39, 0.29) is 11.5 Å². The van der Waals surface area contributed by atoms with Crippen LogP contribution in [0, 0.1) is 0 Å². The Morgan fingerprint density at radius 2 is 1.83 bits per heavy atom. The van der Waals surface area contributed by atoms with Crippen LogP contribution in [0.3, 0.4) is 0 Å². The molecule has 0 N–H and O–H groups in total. The molecule has 23 heavy (non-hydrogen) atoms. The summed E-state index contributed by atoms with van der Waals surface area (Å²) in [6, 6.07) is 11.4. The highest BCUT2D eigenvalue weighted by Gasteiger charge is 2.45. The van der Waals surface area contributed by atoms with Crippen molar-refractivity contribution in [3.05, 3.63) is 30.3 Å². The number of alkyl halides is 1. The van der Waals surface area contributed by atoms with Crippen molar-refractivity contribution in [3.63, 3.8) is 0 Å². The Hall–Kier alpha value is -0.340. The molecule has 4 atom stereocenters. The highest BCUT2D eigenvalue weighted by Crippen LogP contribution is 2.58. The molecule has 1 aromatic carbocycles. The quantitative estimate of drug-likeness (QED) is 0.425. The van der Waals surface area contributed by atoms with Crippen LogP contribution in [0.4, 0.5) is 5.69 Å². The predicted octanol–water partition coefficient (Wildman–Crippen LogP) is 5.15. The number of rotatable bonds is 3. The Labute approximate surface area is 145 Å². The van der Waals surface area contributed by atoms with Crippen LogP contribution in [-0.4, -0.2) is 35.3 Å². The molecule has 1 saturated carbocycles. The molecule has 2 heterocycles. The molecular weight excluding hydrogens is 327 g/mol. The summed E-state index contributed by atoms with van der Waals surface area (Å²) in [5.74, 6) is 0. The van der Waals surface area contributed by atoms with Gasteiger partial charge in [0, 0.05) is 24.8 Å². The van der Waals surface area contributed by atoms with Crippen molar-refractivity contribution in [1.82, 2.24) is 4.67 Å². The van der Waals surface area contributed by atoms with Crippen LogP contribution in [0.5, 0.6) is 0 Å². The minimum atomic E-state index is -0.704. The first-order chi connectivity index (χ1) is 11.3. The van der Waals surface area contributed by atoms with Gasteiger partial charge >= 0.3 is 0 Å². The van der Waals surface area contributed by atoms with Crippen LogP contribution < -0.4 is 4.67 Å². The van der Waals surface area contributed by atoms with Crippen LogP contribution >= 0.6 is 20.1 Å². The average Bonchev–Trinajstić information content (AvgIpc) is 3.10. The molecule has 3 nitrogen and oxygen atoms in total. The van der Waals surface area contributed by atoms with Crippen molar-refractivity contribution >= 4 is 25.7 Å². The molecule has 2 aliphatic heterocycles. The van der Waals surface area contributed by atoms with Gasteiger partial charge in [-0.1, -0.05) is 37.5 Å². The van der Waals surface area contributed by atoms with E-state index in [9.17, 15) is 0 Å². The first-order valence-corrected chi connectivity index (χ1v) is 10.6. The van der Waals surface area contributed by atoms with Gasteiger partial charge in [-0.05, 0) is 37.8 Å². The number of fused-ring (bicyclic) bond motifs is 1. The number of nitrogens with zero attached hydrogens (tertiary/aromatic N) is 2. The third-order valence-electron chi connectivity index (χ3n) is 5.31. The summed E-state index contributed by atoms with van der Waals surface area (Å²) in [6.07, 6.45) is 8.86. The van der Waals surface area contributed by atoms with E-state index >= 15 is 0 Å². The van der Waals surface area contributed by atoms with Gasteiger partial charge in [-0.2, -0.15) is 0 Å². The maximum Gasteiger partial charge on any atom is 0.218 e. The van der Waals surface area contributed by atoms with Crippen molar-refractivity contribution < 1.29 is 4.52 Å². The molecular formula is C18H26ClN2OP. The van der Waals surface area contributed by atoms with Gasteiger partial charge in [0.1, 0.15) is 0 Å². The van der Waals surface area contributed by atoms with Crippen molar-refractivity contribution in [2.45, 2.75) is 62.5 Å². The third-order valence-corrected chi connectivity index (χ3v) is 8.04. The molecule has 0 spiro atoms. The van der Waals surface area contributed by atoms with Gasteiger partial charge in [0.25, 0.3) is 0 Å². The Morgan fingerprint density at radius 1 is 1.00 bits per heavy atom. The Kier molecular flexibility index (Phi) is 5.10. The molecule has 4 rings (SSSR count). The zero-order chi connectivity index (χ0) is 15.6. The molecule has 2 saturated heterocycles. The lowest BCUT2D eigenvalue weighted by Gasteiger charge is -2.33. The molecule has 5 heteroatoms. The number of hydrogen-bond donors (Lipinski definition) is 0. The molecule has 0 amide bonds. The second-order valence-electron chi connectivity index (χ2n) is 6.93. The summed E-state index contributed by atoms with van der Waals surface area (Å²) >= 11 is 6.65. The average molecular weight is 353 g/mol. The number of halogens is 1. The molecule has 1 unspecified atom stereocenters. The van der Waals surface area contributed by atoms with Crippen molar-refractivity contribution in [2.24, 2.45) is 0 Å². The third kappa shape index (κ3) is 3.39. The maximum atomic E-state index is 6.71. The summed E-state index contributed by atoms with van der Waals surface area (Å²) in [5, 5.41) is 0.180. The lowest BCUT2D eigenvalue weighted by atomic mass is 10.1. The van der Waals surface area contributed by atoms with E-state index in [1.54, 1.807) is 0 Å². The summed E-state index contributed by atoms with van der Waals surface area (Å²) in [4.78, 5) is 0. The maximum absolute atomic E-state index is 6.71. The van der Waals surface area contributed by atoms with Gasteiger partial charge in [0.2, 0.25) is 8.45 Å². The van der Waals surface area contributed by atoms with Gasteiger partial charge < -0.3 is 9.19 Å². The molecule has 1 aliphatic carbocycles. The molecule has 3 aliphatic rings. The fourth-order valence-corrected chi connectivity index (χ4v) is 6.88. The van der Waals surface area contributed by atoms with Crippen molar-refractivity contribution in [2.75, 3.05) is 17.8 Å². The predicted molar refractivity (Wildman–Crippen MR) is 98.0 cm³/mol. The minimum absolute atomic E-state index is 0.180. The van der Waals surface area contributed by atoms with Gasteiger partial charge in [0.05, 0.1) is 11.5 Å². The summed E-state index contributed by atoms with van der Waals surface area (Å²) in [7, 11) is -0.704. The Bertz CT molecular complexity index is 517. The smallest absolute Gasteiger partial charge is 0.218 e. The fraction of sp³-hybridized carbons (Fsp3) is 0.667. The normalized spacial score (nSPS) is 35.3. The monoisotopic (exact) mass is 352 g/mol. The van der Waals surface area contributed by atoms with Crippen LogP contribution in [0.15, 0.2) is 30.3 Å². The molecule has 1 aromatic rings. The highest BCUT2D eigenvalue weighted by atomic mass is 35.5. The molecule has 3 fully saturated rings. The van der Waals surface area contributed by atoms with E-state index in [2.05, 4.69) is 39.7 Å². The van der Waals surface area contributed by atoms with Crippen molar-refractivity contribution in [1.29, 1.82) is 0 Å². The zero-order valence-electron chi connectivity index (χ0n) is 13.6. The van der Waals surface area contributed by atoms with Gasteiger partial charge in [0.15, 0.2) is 0 Å². The Balaban J connectivity index is 1.54. The minimum Gasteiger partial charge on any atom is -0.322 e. The van der Waals surface area contributed by atoms with Gasteiger partial charge in [-0.25, -0.2) is 4.67 Å². The van der Waals surface area contributed by atoms with Crippen molar-refractivity contribution in [3.8, 4) is 0 Å². The number of anilines is 1.